The fraction of sp³-hybridized carbons (Fsp3) is 0.714. The summed E-state index contributed by atoms with van der Waals surface area (Å²) < 4.78 is 1.61. The Balaban J connectivity index is 1.86. The van der Waals surface area contributed by atoms with E-state index in [0.29, 0.717) is 12.5 Å². The van der Waals surface area contributed by atoms with Gasteiger partial charge in [0.1, 0.15) is 6.04 Å². The lowest BCUT2D eigenvalue weighted by atomic mass is 9.79. The molecular formula is C14H23N3O2. The Morgan fingerprint density at radius 2 is 2.47 bits per heavy atom. The van der Waals surface area contributed by atoms with Crippen LogP contribution in [0.3, 0.4) is 0 Å². The van der Waals surface area contributed by atoms with Crippen molar-refractivity contribution in [3.8, 4) is 0 Å². The minimum absolute atomic E-state index is 0.102. The molecule has 1 aliphatic rings. The maximum Gasteiger partial charge on any atom is 0.244 e. The van der Waals surface area contributed by atoms with Gasteiger partial charge in [-0.05, 0) is 31.7 Å². The van der Waals surface area contributed by atoms with Crippen molar-refractivity contribution in [2.75, 3.05) is 6.54 Å². The zero-order chi connectivity index (χ0) is 13.9. The van der Waals surface area contributed by atoms with E-state index in [2.05, 4.69) is 17.3 Å². The second kappa shape index (κ2) is 5.74. The van der Waals surface area contributed by atoms with Crippen molar-refractivity contribution in [1.29, 1.82) is 0 Å². The van der Waals surface area contributed by atoms with Gasteiger partial charge in [0.25, 0.3) is 0 Å². The third-order valence-electron chi connectivity index (χ3n) is 3.96. The zero-order valence-electron chi connectivity index (χ0n) is 11.7. The molecule has 3 atom stereocenters. The quantitative estimate of drug-likeness (QED) is 0.867. The number of nitrogens with one attached hydrogen (secondary N) is 1. The van der Waals surface area contributed by atoms with Gasteiger partial charge in [-0.3, -0.25) is 9.48 Å². The first-order valence-corrected chi connectivity index (χ1v) is 6.99. The molecule has 0 spiro atoms. The van der Waals surface area contributed by atoms with Crippen LogP contribution in [0.5, 0.6) is 0 Å². The Morgan fingerprint density at radius 3 is 3.11 bits per heavy atom. The topological polar surface area (TPSA) is 67.2 Å². The van der Waals surface area contributed by atoms with E-state index in [1.165, 1.54) is 6.42 Å². The van der Waals surface area contributed by atoms with Crippen LogP contribution in [-0.2, 0) is 4.79 Å². The lowest BCUT2D eigenvalue weighted by Gasteiger charge is -2.35. The normalized spacial score (nSPS) is 28.9. The summed E-state index contributed by atoms with van der Waals surface area (Å²) in [5, 5.41) is 17.4. The largest absolute Gasteiger partial charge is 0.388 e. The fourth-order valence-electron chi connectivity index (χ4n) is 2.82. The molecule has 5 nitrogen and oxygen atoms in total. The highest BCUT2D eigenvalue weighted by Gasteiger charge is 2.33. The Labute approximate surface area is 114 Å². The highest BCUT2D eigenvalue weighted by atomic mass is 16.3. The van der Waals surface area contributed by atoms with E-state index in [1.807, 2.05) is 0 Å². The van der Waals surface area contributed by atoms with Crippen molar-refractivity contribution in [3.05, 3.63) is 18.5 Å². The van der Waals surface area contributed by atoms with Gasteiger partial charge in [-0.15, -0.1) is 0 Å². The van der Waals surface area contributed by atoms with Gasteiger partial charge in [-0.25, -0.2) is 0 Å². The van der Waals surface area contributed by atoms with Crippen LogP contribution in [0.25, 0.3) is 0 Å². The molecule has 1 saturated carbocycles. The maximum atomic E-state index is 12.0. The van der Waals surface area contributed by atoms with Gasteiger partial charge < -0.3 is 10.4 Å². The van der Waals surface area contributed by atoms with Crippen LogP contribution in [0.4, 0.5) is 0 Å². The Morgan fingerprint density at radius 1 is 1.68 bits per heavy atom. The molecule has 1 aliphatic carbocycles. The van der Waals surface area contributed by atoms with E-state index in [1.54, 1.807) is 30.1 Å². The molecule has 106 valence electrons. The number of rotatable bonds is 4. The number of amides is 1. The number of hydrogen-bond donors (Lipinski definition) is 2. The molecule has 0 radical (unpaired) electrons. The van der Waals surface area contributed by atoms with Crippen LogP contribution in [0, 0.1) is 5.92 Å². The monoisotopic (exact) mass is 265 g/mol. The summed E-state index contributed by atoms with van der Waals surface area (Å²) in [5.74, 6) is 0.426. The lowest BCUT2D eigenvalue weighted by Crippen LogP contribution is -2.47. The fourth-order valence-corrected chi connectivity index (χ4v) is 2.82. The summed E-state index contributed by atoms with van der Waals surface area (Å²) in [6.45, 7) is 4.29. The molecule has 1 heterocycles. The molecule has 0 aromatic carbocycles. The third-order valence-corrected chi connectivity index (χ3v) is 3.96. The van der Waals surface area contributed by atoms with Crippen molar-refractivity contribution in [2.24, 2.45) is 5.92 Å². The average Bonchev–Trinajstić information content (AvgIpc) is 2.88. The summed E-state index contributed by atoms with van der Waals surface area (Å²) in [7, 11) is 0. The molecule has 0 bridgehead atoms. The molecule has 2 rings (SSSR count). The molecule has 3 unspecified atom stereocenters. The SMILES string of the molecule is CC1CCCC(O)(CNC(=O)C(C)n2cccn2)C1. The first-order chi connectivity index (χ1) is 9.00. The van der Waals surface area contributed by atoms with Gasteiger partial charge in [-0.2, -0.15) is 5.10 Å². The van der Waals surface area contributed by atoms with E-state index in [-0.39, 0.29) is 11.9 Å². The molecule has 1 aromatic rings. The average molecular weight is 265 g/mol. The second-order valence-corrected chi connectivity index (χ2v) is 5.81. The Bertz CT molecular complexity index is 418. The number of aromatic nitrogens is 2. The van der Waals surface area contributed by atoms with Crippen molar-refractivity contribution in [3.63, 3.8) is 0 Å². The van der Waals surface area contributed by atoms with Gasteiger partial charge >= 0.3 is 0 Å². The van der Waals surface area contributed by atoms with E-state index in [9.17, 15) is 9.90 Å². The van der Waals surface area contributed by atoms with E-state index >= 15 is 0 Å². The summed E-state index contributed by atoms with van der Waals surface area (Å²) in [4.78, 5) is 12.0. The Hall–Kier alpha value is -1.36. The van der Waals surface area contributed by atoms with Gasteiger partial charge in [0.05, 0.1) is 5.60 Å². The highest BCUT2D eigenvalue weighted by molar-refractivity contribution is 5.79. The number of nitrogens with zero attached hydrogens (tertiary/aromatic N) is 2. The molecule has 1 aromatic heterocycles. The molecule has 1 fully saturated rings. The third kappa shape index (κ3) is 3.56. The summed E-state index contributed by atoms with van der Waals surface area (Å²) in [5.41, 5.74) is -0.739. The van der Waals surface area contributed by atoms with Crippen LogP contribution < -0.4 is 5.32 Å². The highest BCUT2D eigenvalue weighted by Crippen LogP contribution is 2.31. The molecule has 5 heteroatoms. The van der Waals surface area contributed by atoms with E-state index < -0.39 is 5.60 Å². The van der Waals surface area contributed by atoms with Crippen molar-refractivity contribution in [1.82, 2.24) is 15.1 Å². The predicted molar refractivity (Wildman–Crippen MR) is 72.5 cm³/mol. The zero-order valence-corrected chi connectivity index (χ0v) is 11.7. The van der Waals surface area contributed by atoms with Crippen LogP contribution in [-0.4, -0.2) is 32.9 Å². The molecule has 0 aliphatic heterocycles. The van der Waals surface area contributed by atoms with Crippen molar-refractivity contribution >= 4 is 5.91 Å². The standard InChI is InChI=1S/C14H23N3O2/c1-11-5-3-6-14(19,9-11)10-15-13(18)12(2)17-8-4-7-16-17/h4,7-8,11-12,19H,3,5-6,9-10H2,1-2H3,(H,15,18). The smallest absolute Gasteiger partial charge is 0.244 e. The van der Waals surface area contributed by atoms with Gasteiger partial charge in [0, 0.05) is 18.9 Å². The van der Waals surface area contributed by atoms with Crippen LogP contribution in [0.15, 0.2) is 18.5 Å². The van der Waals surface area contributed by atoms with E-state index in [4.69, 9.17) is 0 Å². The minimum Gasteiger partial charge on any atom is -0.388 e. The molecule has 19 heavy (non-hydrogen) atoms. The molecule has 1 amide bonds. The van der Waals surface area contributed by atoms with Crippen molar-refractivity contribution in [2.45, 2.75) is 51.2 Å². The first kappa shape index (κ1) is 14.1. The maximum absolute atomic E-state index is 12.0. The number of aliphatic hydroxyl groups is 1. The second-order valence-electron chi connectivity index (χ2n) is 5.81. The first-order valence-electron chi connectivity index (χ1n) is 6.99. The van der Waals surface area contributed by atoms with Crippen molar-refractivity contribution < 1.29 is 9.90 Å². The summed E-state index contributed by atoms with van der Waals surface area (Å²) >= 11 is 0. The lowest BCUT2D eigenvalue weighted by molar-refractivity contribution is -0.126. The summed E-state index contributed by atoms with van der Waals surface area (Å²) in [6.07, 6.45) is 7.15. The van der Waals surface area contributed by atoms with Gasteiger partial charge in [0.15, 0.2) is 0 Å². The number of carbonyl (C=O) groups excluding carboxylic acids is 1. The predicted octanol–water partition coefficient (Wildman–Crippen LogP) is 1.50. The minimum atomic E-state index is -0.739. The number of carbonyl (C=O) groups is 1. The van der Waals surface area contributed by atoms with E-state index in [0.717, 1.165) is 19.3 Å². The van der Waals surface area contributed by atoms with Crippen LogP contribution >= 0.6 is 0 Å². The summed E-state index contributed by atoms with van der Waals surface area (Å²) in [6, 6.07) is 1.44. The molecular weight excluding hydrogens is 242 g/mol. The number of hydrogen-bond acceptors (Lipinski definition) is 3. The van der Waals surface area contributed by atoms with Gasteiger partial charge in [0.2, 0.25) is 5.91 Å². The molecule has 0 saturated heterocycles. The van der Waals surface area contributed by atoms with Crippen LogP contribution in [0.1, 0.15) is 45.6 Å². The Kier molecular flexibility index (Phi) is 4.24. The molecule has 2 N–H and O–H groups in total. The van der Waals surface area contributed by atoms with Crippen LogP contribution in [0.2, 0.25) is 0 Å². The van der Waals surface area contributed by atoms with Gasteiger partial charge in [-0.1, -0.05) is 19.8 Å².